The van der Waals surface area contributed by atoms with Crippen molar-refractivity contribution in [1.82, 2.24) is 20.2 Å². The Bertz CT molecular complexity index is 482. The molecule has 2 heterocycles. The van der Waals surface area contributed by atoms with E-state index < -0.39 is 5.69 Å². The highest BCUT2D eigenvalue weighted by Gasteiger charge is 2.07. The van der Waals surface area contributed by atoms with Gasteiger partial charge >= 0.3 is 5.69 Å². The lowest BCUT2D eigenvalue weighted by atomic mass is 10.4. The number of aromatic nitrogens is 4. The topological polar surface area (TPSA) is 126 Å². The zero-order valence-corrected chi connectivity index (χ0v) is 5.96. The summed E-state index contributed by atoms with van der Waals surface area (Å²) in [7, 11) is 0. The average molecular weight is 166 g/mol. The van der Waals surface area contributed by atoms with Crippen molar-refractivity contribution in [3.8, 4) is 0 Å². The highest BCUT2D eigenvalue weighted by atomic mass is 16.1. The van der Waals surface area contributed by atoms with Crippen LogP contribution in [-0.4, -0.2) is 20.2 Å². The lowest BCUT2D eigenvalue weighted by molar-refractivity contribution is 1.07. The third-order valence-corrected chi connectivity index (χ3v) is 1.50. The molecule has 0 fully saturated rings. The van der Waals surface area contributed by atoms with Crippen molar-refractivity contribution in [2.75, 3.05) is 11.5 Å². The minimum atomic E-state index is -0.536. The molecule has 12 heavy (non-hydrogen) atoms. The second-order valence-electron chi connectivity index (χ2n) is 2.29. The SMILES string of the molecule is Nc1nc(=O)[nH]c2n[nH]c(N)c12. The van der Waals surface area contributed by atoms with Gasteiger partial charge in [-0.1, -0.05) is 0 Å². The predicted molar refractivity (Wildman–Crippen MR) is 43.3 cm³/mol. The van der Waals surface area contributed by atoms with Gasteiger partial charge in [0.25, 0.3) is 0 Å². The van der Waals surface area contributed by atoms with Gasteiger partial charge in [0, 0.05) is 0 Å². The summed E-state index contributed by atoms with van der Waals surface area (Å²) in [6.45, 7) is 0. The van der Waals surface area contributed by atoms with E-state index in [1.54, 1.807) is 0 Å². The first kappa shape index (κ1) is 6.65. The molecule has 7 nitrogen and oxygen atoms in total. The molecule has 0 radical (unpaired) electrons. The number of hydrogen-bond donors (Lipinski definition) is 4. The molecule has 2 aromatic rings. The molecule has 0 aromatic carbocycles. The molecule has 0 aliphatic heterocycles. The number of aromatic amines is 2. The smallest absolute Gasteiger partial charge is 0.348 e. The standard InChI is InChI=1S/C5H6N6O/c6-2-1-3(7)10-11-4(1)9-5(12)8-2/h(H6,6,7,8,9,10,11,12). The maximum absolute atomic E-state index is 10.8. The van der Waals surface area contributed by atoms with E-state index >= 15 is 0 Å². The summed E-state index contributed by atoms with van der Waals surface area (Å²) in [5, 5.41) is 6.65. The summed E-state index contributed by atoms with van der Waals surface area (Å²) in [4.78, 5) is 16.6. The lowest BCUT2D eigenvalue weighted by Crippen LogP contribution is -2.12. The minimum Gasteiger partial charge on any atom is -0.383 e. The van der Waals surface area contributed by atoms with Gasteiger partial charge in [0.05, 0.1) is 0 Å². The van der Waals surface area contributed by atoms with Gasteiger partial charge in [-0.25, -0.2) is 4.79 Å². The molecule has 2 aromatic heterocycles. The first-order valence-corrected chi connectivity index (χ1v) is 3.18. The number of nitrogens with two attached hydrogens (primary N) is 2. The molecular weight excluding hydrogens is 160 g/mol. The van der Waals surface area contributed by atoms with Crippen LogP contribution in [0.15, 0.2) is 4.79 Å². The highest BCUT2D eigenvalue weighted by Crippen LogP contribution is 2.18. The molecule has 0 atom stereocenters. The zero-order valence-electron chi connectivity index (χ0n) is 5.96. The van der Waals surface area contributed by atoms with Crippen LogP contribution < -0.4 is 17.2 Å². The summed E-state index contributed by atoms with van der Waals surface area (Å²) in [6.07, 6.45) is 0. The number of nitrogens with one attached hydrogen (secondary N) is 2. The van der Waals surface area contributed by atoms with Crippen LogP contribution in [0, 0.1) is 0 Å². The summed E-state index contributed by atoms with van der Waals surface area (Å²) < 4.78 is 0. The van der Waals surface area contributed by atoms with Crippen molar-refractivity contribution in [2.24, 2.45) is 0 Å². The van der Waals surface area contributed by atoms with E-state index in [0.29, 0.717) is 16.9 Å². The van der Waals surface area contributed by atoms with Crippen LogP contribution in [-0.2, 0) is 0 Å². The van der Waals surface area contributed by atoms with Gasteiger partial charge in [0.1, 0.15) is 17.0 Å². The molecule has 62 valence electrons. The van der Waals surface area contributed by atoms with Gasteiger partial charge in [0.2, 0.25) is 0 Å². The fraction of sp³-hybridized carbons (Fsp3) is 0. The third-order valence-electron chi connectivity index (χ3n) is 1.50. The van der Waals surface area contributed by atoms with Crippen LogP contribution in [0.25, 0.3) is 11.0 Å². The molecule has 0 saturated carbocycles. The molecule has 7 heteroatoms. The molecule has 0 aliphatic carbocycles. The Balaban J connectivity index is 3.02. The van der Waals surface area contributed by atoms with Gasteiger partial charge in [0.15, 0.2) is 5.65 Å². The van der Waals surface area contributed by atoms with Crippen molar-refractivity contribution in [1.29, 1.82) is 0 Å². The molecule has 0 bridgehead atoms. The molecule has 0 amide bonds. The van der Waals surface area contributed by atoms with E-state index in [1.807, 2.05) is 0 Å². The minimum absolute atomic E-state index is 0.0833. The number of hydrogen-bond acceptors (Lipinski definition) is 5. The van der Waals surface area contributed by atoms with Crippen LogP contribution in [0.3, 0.4) is 0 Å². The Morgan fingerprint density at radius 2 is 2.08 bits per heavy atom. The van der Waals surface area contributed by atoms with E-state index in [1.165, 1.54) is 0 Å². The first-order chi connectivity index (χ1) is 5.68. The van der Waals surface area contributed by atoms with Crippen molar-refractivity contribution >= 4 is 22.7 Å². The van der Waals surface area contributed by atoms with E-state index in [2.05, 4.69) is 20.2 Å². The highest BCUT2D eigenvalue weighted by molar-refractivity contribution is 5.94. The second-order valence-corrected chi connectivity index (χ2v) is 2.29. The normalized spacial score (nSPS) is 10.7. The van der Waals surface area contributed by atoms with Gasteiger partial charge in [-0.3, -0.25) is 10.1 Å². The van der Waals surface area contributed by atoms with Gasteiger partial charge in [-0.05, 0) is 0 Å². The van der Waals surface area contributed by atoms with E-state index in [-0.39, 0.29) is 5.82 Å². The van der Waals surface area contributed by atoms with Crippen molar-refractivity contribution in [3.63, 3.8) is 0 Å². The third kappa shape index (κ3) is 0.729. The van der Waals surface area contributed by atoms with Crippen molar-refractivity contribution in [2.45, 2.75) is 0 Å². The maximum Gasteiger partial charge on any atom is 0.348 e. The Labute approximate surface area is 65.8 Å². The Hall–Kier alpha value is -2.05. The van der Waals surface area contributed by atoms with E-state index in [9.17, 15) is 4.79 Å². The van der Waals surface area contributed by atoms with Crippen molar-refractivity contribution in [3.05, 3.63) is 10.5 Å². The average Bonchev–Trinajstić information content (AvgIpc) is 2.31. The molecule has 0 aliphatic rings. The Morgan fingerprint density at radius 1 is 1.33 bits per heavy atom. The second kappa shape index (κ2) is 1.97. The van der Waals surface area contributed by atoms with Crippen LogP contribution in [0.1, 0.15) is 0 Å². The quantitative estimate of drug-likeness (QED) is 0.391. The van der Waals surface area contributed by atoms with Crippen LogP contribution >= 0.6 is 0 Å². The van der Waals surface area contributed by atoms with Gasteiger partial charge in [-0.15, -0.1) is 0 Å². The fourth-order valence-electron chi connectivity index (χ4n) is 1.000. The molecule has 2 rings (SSSR count). The predicted octanol–water partition coefficient (Wildman–Crippen LogP) is -1.19. The summed E-state index contributed by atoms with van der Waals surface area (Å²) >= 11 is 0. The van der Waals surface area contributed by atoms with Gasteiger partial charge < -0.3 is 11.5 Å². The number of anilines is 2. The van der Waals surface area contributed by atoms with Crippen LogP contribution in [0.2, 0.25) is 0 Å². The fourth-order valence-corrected chi connectivity index (χ4v) is 1.000. The zero-order chi connectivity index (χ0) is 8.72. The van der Waals surface area contributed by atoms with E-state index in [0.717, 1.165) is 0 Å². The number of nitrogens with zero attached hydrogens (tertiary/aromatic N) is 2. The summed E-state index contributed by atoms with van der Waals surface area (Å²) in [6, 6.07) is 0. The monoisotopic (exact) mass is 166 g/mol. The molecule has 0 unspecified atom stereocenters. The molecule has 0 saturated heterocycles. The number of nitrogen functional groups attached to an aromatic ring is 2. The summed E-state index contributed by atoms with van der Waals surface area (Å²) in [5.41, 5.74) is 10.7. The molecule has 6 N–H and O–H groups in total. The van der Waals surface area contributed by atoms with Crippen LogP contribution in [0.5, 0.6) is 0 Å². The van der Waals surface area contributed by atoms with Crippen molar-refractivity contribution < 1.29 is 0 Å². The largest absolute Gasteiger partial charge is 0.383 e. The first-order valence-electron chi connectivity index (χ1n) is 3.18. The molecular formula is C5H6N6O. The maximum atomic E-state index is 10.8. The number of fused-ring (bicyclic) bond motifs is 1. The van der Waals surface area contributed by atoms with E-state index in [4.69, 9.17) is 11.5 Å². The Kier molecular flexibility index (Phi) is 1.09. The lowest BCUT2D eigenvalue weighted by Gasteiger charge is -1.92. The Morgan fingerprint density at radius 3 is 2.83 bits per heavy atom. The van der Waals surface area contributed by atoms with Crippen LogP contribution in [0.4, 0.5) is 11.6 Å². The number of H-pyrrole nitrogens is 2. The summed E-state index contributed by atoms with van der Waals surface area (Å²) in [5.74, 6) is 0.381. The molecule has 0 spiro atoms. The van der Waals surface area contributed by atoms with Gasteiger partial charge in [-0.2, -0.15) is 10.1 Å². The number of rotatable bonds is 0.